The van der Waals surface area contributed by atoms with Crippen molar-refractivity contribution in [2.45, 2.75) is 6.42 Å². The zero-order chi connectivity index (χ0) is 13.0. The standard InChI is InChI=1S/C13H18N2O3/c16-7-5-15(6-8-17)13(18)11-2-1-10-3-4-14-12(10)9-11/h1-2,9,14,16-17H,3-8H2. The van der Waals surface area contributed by atoms with E-state index in [1.165, 1.54) is 10.5 Å². The lowest BCUT2D eigenvalue weighted by atomic mass is 10.1. The van der Waals surface area contributed by atoms with Crippen molar-refractivity contribution < 1.29 is 15.0 Å². The number of carbonyl (C=O) groups excluding carboxylic acids is 1. The van der Waals surface area contributed by atoms with Gasteiger partial charge in [0.1, 0.15) is 0 Å². The molecule has 18 heavy (non-hydrogen) atoms. The first kappa shape index (κ1) is 12.9. The van der Waals surface area contributed by atoms with E-state index in [1.807, 2.05) is 12.1 Å². The van der Waals surface area contributed by atoms with Crippen LogP contribution >= 0.6 is 0 Å². The number of rotatable bonds is 5. The molecule has 0 saturated carbocycles. The van der Waals surface area contributed by atoms with Gasteiger partial charge in [-0.05, 0) is 24.1 Å². The number of amides is 1. The quantitative estimate of drug-likeness (QED) is 0.692. The van der Waals surface area contributed by atoms with Crippen molar-refractivity contribution in [3.8, 4) is 0 Å². The molecule has 3 N–H and O–H groups in total. The molecule has 1 heterocycles. The average molecular weight is 250 g/mol. The Morgan fingerprint density at radius 2 is 2.00 bits per heavy atom. The Bertz CT molecular complexity index is 428. The van der Waals surface area contributed by atoms with Gasteiger partial charge in [-0.3, -0.25) is 4.79 Å². The van der Waals surface area contributed by atoms with Crippen LogP contribution in [0.2, 0.25) is 0 Å². The number of hydrogen-bond acceptors (Lipinski definition) is 4. The van der Waals surface area contributed by atoms with Gasteiger partial charge in [-0.2, -0.15) is 0 Å². The van der Waals surface area contributed by atoms with Crippen molar-refractivity contribution in [2.75, 3.05) is 38.2 Å². The van der Waals surface area contributed by atoms with E-state index in [0.717, 1.165) is 18.7 Å². The smallest absolute Gasteiger partial charge is 0.254 e. The van der Waals surface area contributed by atoms with Gasteiger partial charge in [0.15, 0.2) is 0 Å². The maximum atomic E-state index is 12.2. The Morgan fingerprint density at radius 3 is 2.67 bits per heavy atom. The summed E-state index contributed by atoms with van der Waals surface area (Å²) >= 11 is 0. The van der Waals surface area contributed by atoms with E-state index in [0.29, 0.717) is 5.56 Å². The Kier molecular flexibility index (Phi) is 4.17. The summed E-state index contributed by atoms with van der Waals surface area (Å²) in [5.74, 6) is -0.158. The van der Waals surface area contributed by atoms with Crippen molar-refractivity contribution >= 4 is 11.6 Å². The van der Waals surface area contributed by atoms with Crippen molar-refractivity contribution in [3.05, 3.63) is 29.3 Å². The first-order valence-electron chi connectivity index (χ1n) is 6.14. The SMILES string of the molecule is O=C(c1ccc2c(c1)NCC2)N(CCO)CCO. The molecule has 0 fully saturated rings. The maximum absolute atomic E-state index is 12.2. The molecule has 0 bridgehead atoms. The number of carbonyl (C=O) groups is 1. The highest BCUT2D eigenvalue weighted by Crippen LogP contribution is 2.23. The zero-order valence-electron chi connectivity index (χ0n) is 10.2. The van der Waals surface area contributed by atoms with Gasteiger partial charge in [-0.15, -0.1) is 0 Å². The van der Waals surface area contributed by atoms with Crippen LogP contribution in [0.3, 0.4) is 0 Å². The molecule has 0 spiro atoms. The number of benzene rings is 1. The third-order valence-corrected chi connectivity index (χ3v) is 3.09. The minimum Gasteiger partial charge on any atom is -0.395 e. The number of anilines is 1. The molecule has 0 aromatic heterocycles. The second kappa shape index (κ2) is 5.84. The minimum absolute atomic E-state index is 0.102. The number of hydrogen-bond donors (Lipinski definition) is 3. The van der Waals surface area contributed by atoms with Gasteiger partial charge in [-0.25, -0.2) is 0 Å². The molecule has 98 valence electrons. The Morgan fingerprint density at radius 1 is 1.28 bits per heavy atom. The van der Waals surface area contributed by atoms with Crippen LogP contribution in [-0.4, -0.2) is 53.9 Å². The molecule has 0 unspecified atom stereocenters. The van der Waals surface area contributed by atoms with E-state index < -0.39 is 0 Å². The highest BCUT2D eigenvalue weighted by molar-refractivity contribution is 5.95. The largest absolute Gasteiger partial charge is 0.395 e. The van der Waals surface area contributed by atoms with E-state index in [-0.39, 0.29) is 32.2 Å². The van der Waals surface area contributed by atoms with Crippen molar-refractivity contribution in [1.82, 2.24) is 4.90 Å². The zero-order valence-corrected chi connectivity index (χ0v) is 10.2. The number of aliphatic hydroxyl groups excluding tert-OH is 2. The number of fused-ring (bicyclic) bond motifs is 1. The highest BCUT2D eigenvalue weighted by Gasteiger charge is 2.17. The van der Waals surface area contributed by atoms with E-state index in [9.17, 15) is 4.79 Å². The Hall–Kier alpha value is -1.59. The monoisotopic (exact) mass is 250 g/mol. The van der Waals surface area contributed by atoms with Crippen LogP contribution in [0.4, 0.5) is 5.69 Å². The Labute approximate surface area is 106 Å². The van der Waals surface area contributed by atoms with Gasteiger partial charge in [0.2, 0.25) is 0 Å². The second-order valence-corrected chi connectivity index (χ2v) is 4.29. The molecule has 0 aliphatic carbocycles. The molecule has 0 saturated heterocycles. The second-order valence-electron chi connectivity index (χ2n) is 4.29. The van der Waals surface area contributed by atoms with Gasteiger partial charge in [0.25, 0.3) is 5.91 Å². The molecule has 0 radical (unpaired) electrons. The lowest BCUT2D eigenvalue weighted by Crippen LogP contribution is -2.35. The molecule has 1 aromatic rings. The summed E-state index contributed by atoms with van der Waals surface area (Å²) in [5.41, 5.74) is 2.82. The predicted molar refractivity (Wildman–Crippen MR) is 68.7 cm³/mol. The van der Waals surface area contributed by atoms with Crippen LogP contribution in [-0.2, 0) is 6.42 Å². The molecule has 1 amide bonds. The summed E-state index contributed by atoms with van der Waals surface area (Å²) in [6, 6.07) is 5.60. The number of nitrogens with one attached hydrogen (secondary N) is 1. The van der Waals surface area contributed by atoms with E-state index in [2.05, 4.69) is 5.32 Å². The third-order valence-electron chi connectivity index (χ3n) is 3.09. The van der Waals surface area contributed by atoms with Gasteiger partial charge < -0.3 is 20.4 Å². The van der Waals surface area contributed by atoms with Gasteiger partial charge in [0.05, 0.1) is 13.2 Å². The normalized spacial score (nSPS) is 13.0. The number of aliphatic hydroxyl groups is 2. The molecule has 1 aromatic carbocycles. The van der Waals surface area contributed by atoms with Crippen LogP contribution < -0.4 is 5.32 Å². The Balaban J connectivity index is 2.16. The fraction of sp³-hybridized carbons (Fsp3) is 0.462. The minimum atomic E-state index is -0.158. The highest BCUT2D eigenvalue weighted by atomic mass is 16.3. The van der Waals surface area contributed by atoms with E-state index in [4.69, 9.17) is 10.2 Å². The summed E-state index contributed by atoms with van der Waals surface area (Å²) in [6.07, 6.45) is 0.987. The van der Waals surface area contributed by atoms with Crippen LogP contribution in [0.1, 0.15) is 15.9 Å². The van der Waals surface area contributed by atoms with Gasteiger partial charge in [-0.1, -0.05) is 6.07 Å². The van der Waals surface area contributed by atoms with E-state index >= 15 is 0 Å². The first-order valence-corrected chi connectivity index (χ1v) is 6.14. The summed E-state index contributed by atoms with van der Waals surface area (Å²) in [4.78, 5) is 13.7. The van der Waals surface area contributed by atoms with Crippen LogP contribution in [0, 0.1) is 0 Å². The molecule has 5 nitrogen and oxygen atoms in total. The van der Waals surface area contributed by atoms with E-state index in [1.54, 1.807) is 6.07 Å². The lowest BCUT2D eigenvalue weighted by Gasteiger charge is -2.21. The maximum Gasteiger partial charge on any atom is 0.254 e. The molecule has 0 atom stereocenters. The third kappa shape index (κ3) is 2.63. The summed E-state index contributed by atoms with van der Waals surface area (Å²) < 4.78 is 0. The van der Waals surface area contributed by atoms with Crippen molar-refractivity contribution in [2.24, 2.45) is 0 Å². The molecule has 1 aliphatic rings. The molecule has 5 heteroatoms. The molecular weight excluding hydrogens is 232 g/mol. The molecule has 2 rings (SSSR count). The summed E-state index contributed by atoms with van der Waals surface area (Å²) in [5, 5.41) is 21.1. The van der Waals surface area contributed by atoms with Crippen molar-refractivity contribution in [1.29, 1.82) is 0 Å². The molecule has 1 aliphatic heterocycles. The van der Waals surface area contributed by atoms with Crippen LogP contribution in [0.15, 0.2) is 18.2 Å². The first-order chi connectivity index (χ1) is 8.76. The molecular formula is C13H18N2O3. The number of nitrogens with zero attached hydrogens (tertiary/aromatic N) is 1. The predicted octanol–water partition coefficient (Wildman–Crippen LogP) is 0.0814. The topological polar surface area (TPSA) is 72.8 Å². The van der Waals surface area contributed by atoms with Crippen molar-refractivity contribution in [3.63, 3.8) is 0 Å². The van der Waals surface area contributed by atoms with Gasteiger partial charge in [0, 0.05) is 30.9 Å². The summed E-state index contributed by atoms with van der Waals surface area (Å²) in [6.45, 7) is 1.18. The average Bonchev–Trinajstić information content (AvgIpc) is 2.84. The van der Waals surface area contributed by atoms with Gasteiger partial charge >= 0.3 is 0 Å². The van der Waals surface area contributed by atoms with Crippen LogP contribution in [0.5, 0.6) is 0 Å². The lowest BCUT2D eigenvalue weighted by molar-refractivity contribution is 0.0685. The summed E-state index contributed by atoms with van der Waals surface area (Å²) in [7, 11) is 0. The van der Waals surface area contributed by atoms with Crippen LogP contribution in [0.25, 0.3) is 0 Å². The fourth-order valence-corrected chi connectivity index (χ4v) is 2.16. The fourth-order valence-electron chi connectivity index (χ4n) is 2.16.